The van der Waals surface area contributed by atoms with Gasteiger partial charge in [0.15, 0.2) is 0 Å². The molecular formula is C14H16N6OS. The van der Waals surface area contributed by atoms with Gasteiger partial charge in [0.2, 0.25) is 5.16 Å². The van der Waals surface area contributed by atoms with E-state index in [1.807, 2.05) is 39.0 Å². The van der Waals surface area contributed by atoms with Crippen LogP contribution in [-0.2, 0) is 11.3 Å². The van der Waals surface area contributed by atoms with E-state index in [1.165, 1.54) is 11.8 Å². The number of thioether (sulfide) groups is 1. The zero-order valence-corrected chi connectivity index (χ0v) is 13.4. The number of hydrogen-bond donors (Lipinski definition) is 1. The summed E-state index contributed by atoms with van der Waals surface area (Å²) in [4.78, 5) is 19.3. The van der Waals surface area contributed by atoms with E-state index in [0.717, 1.165) is 0 Å². The first-order valence-corrected chi connectivity index (χ1v) is 7.83. The molecule has 2 aromatic heterocycles. The summed E-state index contributed by atoms with van der Waals surface area (Å²) >= 11 is 1.45. The van der Waals surface area contributed by atoms with Gasteiger partial charge in [0, 0.05) is 0 Å². The number of fused-ring (bicyclic) bond motifs is 1. The molecule has 0 aliphatic heterocycles. The van der Waals surface area contributed by atoms with Crippen molar-refractivity contribution in [2.45, 2.75) is 37.2 Å². The lowest BCUT2D eigenvalue weighted by Gasteiger charge is -2.19. The predicted molar refractivity (Wildman–Crippen MR) is 84.7 cm³/mol. The van der Waals surface area contributed by atoms with Gasteiger partial charge >= 0.3 is 0 Å². The smallest absolute Gasteiger partial charge is 0.258 e. The van der Waals surface area contributed by atoms with E-state index in [4.69, 9.17) is 0 Å². The van der Waals surface area contributed by atoms with Gasteiger partial charge in [-0.15, -0.1) is 5.10 Å². The Hall–Kier alpha value is -2.22. The molecule has 0 bridgehead atoms. The molecule has 3 rings (SSSR count). The summed E-state index contributed by atoms with van der Waals surface area (Å²) in [7, 11) is 0. The van der Waals surface area contributed by atoms with E-state index < -0.39 is 0 Å². The van der Waals surface area contributed by atoms with Crippen molar-refractivity contribution >= 4 is 22.7 Å². The predicted octanol–water partition coefficient (Wildman–Crippen LogP) is 1.96. The SMILES string of the molecule is CC(C)(C)n1nnnc1SCc1nc2ccccc2c(=O)[nH]1. The van der Waals surface area contributed by atoms with Crippen LogP contribution in [0, 0.1) is 0 Å². The Labute approximate surface area is 131 Å². The molecule has 0 aliphatic rings. The van der Waals surface area contributed by atoms with Crippen molar-refractivity contribution in [2.24, 2.45) is 0 Å². The van der Waals surface area contributed by atoms with E-state index in [1.54, 1.807) is 10.7 Å². The number of nitrogens with one attached hydrogen (secondary N) is 1. The number of benzene rings is 1. The standard InChI is InChI=1S/C14H16N6OS/c1-14(2,3)20-13(17-18-19-20)22-8-11-15-10-7-5-4-6-9(10)12(21)16-11/h4-7H,8H2,1-3H3,(H,15,16,21). The molecule has 0 saturated carbocycles. The molecule has 0 unspecified atom stereocenters. The minimum absolute atomic E-state index is 0.128. The Bertz CT molecular complexity index is 863. The van der Waals surface area contributed by atoms with Gasteiger partial charge in [-0.25, -0.2) is 9.67 Å². The van der Waals surface area contributed by atoms with E-state index >= 15 is 0 Å². The van der Waals surface area contributed by atoms with Gasteiger partial charge in [0.25, 0.3) is 5.56 Å². The van der Waals surface area contributed by atoms with Crippen molar-refractivity contribution in [3.8, 4) is 0 Å². The average Bonchev–Trinajstić information content (AvgIpc) is 2.94. The van der Waals surface area contributed by atoms with Crippen LogP contribution in [0.5, 0.6) is 0 Å². The largest absolute Gasteiger partial charge is 0.309 e. The number of rotatable bonds is 3. The number of hydrogen-bond acceptors (Lipinski definition) is 6. The van der Waals surface area contributed by atoms with Crippen molar-refractivity contribution in [3.05, 3.63) is 40.4 Å². The molecule has 0 fully saturated rings. The fourth-order valence-electron chi connectivity index (χ4n) is 2.03. The third kappa shape index (κ3) is 2.87. The minimum atomic E-state index is -0.198. The molecule has 0 saturated heterocycles. The van der Waals surface area contributed by atoms with Gasteiger partial charge in [-0.1, -0.05) is 23.9 Å². The van der Waals surface area contributed by atoms with Gasteiger partial charge in [0.05, 0.1) is 22.2 Å². The molecule has 0 radical (unpaired) electrons. The Balaban J connectivity index is 1.86. The van der Waals surface area contributed by atoms with Crippen LogP contribution in [0.1, 0.15) is 26.6 Å². The van der Waals surface area contributed by atoms with Gasteiger partial charge in [-0.2, -0.15) is 0 Å². The third-order valence-electron chi connectivity index (χ3n) is 3.08. The number of nitrogens with zero attached hydrogens (tertiary/aromatic N) is 5. The number of aromatic amines is 1. The molecular weight excluding hydrogens is 300 g/mol. The van der Waals surface area contributed by atoms with Crippen LogP contribution in [0.15, 0.2) is 34.2 Å². The Kier molecular flexibility index (Phi) is 3.69. The van der Waals surface area contributed by atoms with E-state index in [-0.39, 0.29) is 11.1 Å². The first kappa shape index (κ1) is 14.7. The monoisotopic (exact) mass is 316 g/mol. The molecule has 3 aromatic rings. The maximum Gasteiger partial charge on any atom is 0.258 e. The van der Waals surface area contributed by atoms with Gasteiger partial charge < -0.3 is 4.98 Å². The lowest BCUT2D eigenvalue weighted by atomic mass is 10.1. The highest BCUT2D eigenvalue weighted by atomic mass is 32.2. The quantitative estimate of drug-likeness (QED) is 0.743. The number of tetrazole rings is 1. The van der Waals surface area contributed by atoms with Crippen molar-refractivity contribution in [2.75, 3.05) is 0 Å². The topological polar surface area (TPSA) is 89.3 Å². The number of aromatic nitrogens is 6. The zero-order chi connectivity index (χ0) is 15.7. The molecule has 1 N–H and O–H groups in total. The highest BCUT2D eigenvalue weighted by Crippen LogP contribution is 2.23. The molecule has 22 heavy (non-hydrogen) atoms. The van der Waals surface area contributed by atoms with Crippen LogP contribution < -0.4 is 5.56 Å². The number of para-hydroxylation sites is 1. The van der Waals surface area contributed by atoms with E-state index in [9.17, 15) is 4.79 Å². The Morgan fingerprint density at radius 2 is 2.05 bits per heavy atom. The maximum absolute atomic E-state index is 12.0. The van der Waals surface area contributed by atoms with Crippen molar-refractivity contribution in [1.82, 2.24) is 30.2 Å². The molecule has 0 atom stereocenters. The summed E-state index contributed by atoms with van der Waals surface area (Å²) in [6, 6.07) is 7.28. The van der Waals surface area contributed by atoms with E-state index in [2.05, 4.69) is 25.5 Å². The third-order valence-corrected chi connectivity index (χ3v) is 4.01. The summed E-state index contributed by atoms with van der Waals surface area (Å²) in [6.07, 6.45) is 0. The number of H-pyrrole nitrogens is 1. The van der Waals surface area contributed by atoms with Crippen molar-refractivity contribution < 1.29 is 0 Å². The highest BCUT2D eigenvalue weighted by Gasteiger charge is 2.20. The molecule has 0 spiro atoms. The second-order valence-electron chi connectivity index (χ2n) is 5.86. The van der Waals surface area contributed by atoms with Crippen LogP contribution in [0.3, 0.4) is 0 Å². The van der Waals surface area contributed by atoms with E-state index in [0.29, 0.717) is 27.6 Å². The van der Waals surface area contributed by atoms with Gasteiger partial charge in [0.1, 0.15) is 5.82 Å². The molecule has 0 amide bonds. The summed E-state index contributed by atoms with van der Waals surface area (Å²) in [6.45, 7) is 6.09. The Morgan fingerprint density at radius 1 is 1.27 bits per heavy atom. The molecule has 1 aromatic carbocycles. The average molecular weight is 316 g/mol. The first-order valence-electron chi connectivity index (χ1n) is 6.85. The molecule has 2 heterocycles. The van der Waals surface area contributed by atoms with Crippen LogP contribution in [-0.4, -0.2) is 30.2 Å². The summed E-state index contributed by atoms with van der Waals surface area (Å²) in [5.74, 6) is 1.11. The van der Waals surface area contributed by atoms with Crippen LogP contribution in [0.4, 0.5) is 0 Å². The minimum Gasteiger partial charge on any atom is -0.309 e. The second kappa shape index (κ2) is 5.53. The lowest BCUT2D eigenvalue weighted by molar-refractivity contribution is 0.321. The summed E-state index contributed by atoms with van der Waals surface area (Å²) in [5, 5.41) is 13.0. The van der Waals surface area contributed by atoms with Crippen LogP contribution >= 0.6 is 11.8 Å². The fourth-order valence-corrected chi connectivity index (χ4v) is 2.96. The molecule has 0 aliphatic carbocycles. The fraction of sp³-hybridized carbons (Fsp3) is 0.357. The van der Waals surface area contributed by atoms with Gasteiger partial charge in [-0.05, 0) is 43.3 Å². The van der Waals surface area contributed by atoms with Gasteiger partial charge in [-0.3, -0.25) is 4.79 Å². The van der Waals surface area contributed by atoms with Crippen molar-refractivity contribution in [1.29, 1.82) is 0 Å². The maximum atomic E-state index is 12.0. The van der Waals surface area contributed by atoms with Crippen molar-refractivity contribution in [3.63, 3.8) is 0 Å². The molecule has 8 heteroatoms. The van der Waals surface area contributed by atoms with Crippen LogP contribution in [0.2, 0.25) is 0 Å². The molecule has 7 nitrogen and oxygen atoms in total. The zero-order valence-electron chi connectivity index (χ0n) is 12.6. The highest BCUT2D eigenvalue weighted by molar-refractivity contribution is 7.98. The summed E-state index contributed by atoms with van der Waals surface area (Å²) in [5.41, 5.74) is 0.365. The first-order chi connectivity index (χ1) is 10.4. The van der Waals surface area contributed by atoms with Crippen LogP contribution in [0.25, 0.3) is 10.9 Å². The Morgan fingerprint density at radius 3 is 2.82 bits per heavy atom. The summed E-state index contributed by atoms with van der Waals surface area (Å²) < 4.78 is 1.76. The lowest BCUT2D eigenvalue weighted by Crippen LogP contribution is -2.24. The normalized spacial score (nSPS) is 12.0. The molecule has 114 valence electrons. The second-order valence-corrected chi connectivity index (χ2v) is 6.81.